The predicted octanol–water partition coefficient (Wildman–Crippen LogP) is 3.30. The Kier molecular flexibility index (Phi) is 3.31. The van der Waals surface area contributed by atoms with Crippen molar-refractivity contribution in [3.63, 3.8) is 0 Å². The van der Waals surface area contributed by atoms with Crippen molar-refractivity contribution in [1.29, 1.82) is 0 Å². The summed E-state index contributed by atoms with van der Waals surface area (Å²) in [5.74, 6) is 0.740. The molecule has 1 unspecified atom stereocenters. The van der Waals surface area contributed by atoms with E-state index in [0.29, 0.717) is 6.61 Å². The van der Waals surface area contributed by atoms with Crippen LogP contribution in [0, 0.1) is 5.92 Å². The molecule has 0 heterocycles. The number of aliphatic hydroxyl groups excluding tert-OH is 1. The molecule has 0 spiro atoms. The van der Waals surface area contributed by atoms with Gasteiger partial charge >= 0.3 is 0 Å². The van der Waals surface area contributed by atoms with Gasteiger partial charge in [-0.1, -0.05) is 42.5 Å². The lowest BCUT2D eigenvalue weighted by Crippen LogP contribution is -2.09. The van der Waals surface area contributed by atoms with E-state index >= 15 is 0 Å². The number of hydrogen-bond acceptors (Lipinski definition) is 2. The maximum Gasteiger partial charge on any atom is 0.103 e. The fraction of sp³-hybridized carbons (Fsp3) is 0.375. The lowest BCUT2D eigenvalue weighted by atomic mass is 10.0. The van der Waals surface area contributed by atoms with Crippen molar-refractivity contribution in [3.8, 4) is 0 Å². The monoisotopic (exact) mass is 242 g/mol. The highest BCUT2D eigenvalue weighted by Crippen LogP contribution is 2.30. The average molecular weight is 242 g/mol. The maximum absolute atomic E-state index is 10.2. The van der Waals surface area contributed by atoms with Crippen LogP contribution in [0.25, 0.3) is 10.8 Å². The number of rotatable bonds is 5. The Balaban J connectivity index is 1.75. The molecule has 1 aliphatic carbocycles. The van der Waals surface area contributed by atoms with Crippen LogP contribution in [0.1, 0.15) is 24.5 Å². The lowest BCUT2D eigenvalue weighted by Gasteiger charge is -2.14. The summed E-state index contributed by atoms with van der Waals surface area (Å²) < 4.78 is 5.57. The zero-order chi connectivity index (χ0) is 12.4. The summed E-state index contributed by atoms with van der Waals surface area (Å²) in [6.07, 6.45) is 2.03. The van der Waals surface area contributed by atoms with E-state index in [1.54, 1.807) is 0 Å². The molecule has 1 saturated carbocycles. The molecular weight excluding hydrogens is 224 g/mol. The van der Waals surface area contributed by atoms with Crippen molar-refractivity contribution in [2.75, 3.05) is 13.2 Å². The second kappa shape index (κ2) is 5.09. The van der Waals surface area contributed by atoms with Gasteiger partial charge in [0.15, 0.2) is 0 Å². The van der Waals surface area contributed by atoms with E-state index in [1.165, 1.54) is 12.8 Å². The molecular formula is C16H18O2. The summed E-state index contributed by atoms with van der Waals surface area (Å²) in [6.45, 7) is 1.19. The highest BCUT2D eigenvalue weighted by Gasteiger charge is 2.22. The van der Waals surface area contributed by atoms with Crippen LogP contribution in [0.2, 0.25) is 0 Å². The number of benzene rings is 2. The second-order valence-corrected chi connectivity index (χ2v) is 5.07. The van der Waals surface area contributed by atoms with Crippen LogP contribution in [-0.4, -0.2) is 18.3 Å². The largest absolute Gasteiger partial charge is 0.386 e. The fourth-order valence-electron chi connectivity index (χ4n) is 2.26. The van der Waals surface area contributed by atoms with Crippen molar-refractivity contribution >= 4 is 10.8 Å². The van der Waals surface area contributed by atoms with Gasteiger partial charge in [-0.15, -0.1) is 0 Å². The number of aliphatic hydroxyl groups is 1. The molecule has 1 fully saturated rings. The minimum atomic E-state index is -0.533. The van der Waals surface area contributed by atoms with Crippen LogP contribution in [0.4, 0.5) is 0 Å². The first-order chi connectivity index (χ1) is 8.84. The zero-order valence-electron chi connectivity index (χ0n) is 10.4. The molecule has 1 atom stereocenters. The molecule has 3 rings (SSSR count). The van der Waals surface area contributed by atoms with Crippen LogP contribution in [0.3, 0.4) is 0 Å². The third-order valence-electron chi connectivity index (χ3n) is 3.51. The van der Waals surface area contributed by atoms with E-state index in [-0.39, 0.29) is 0 Å². The Bertz CT molecular complexity index is 526. The van der Waals surface area contributed by atoms with E-state index in [4.69, 9.17) is 4.74 Å². The van der Waals surface area contributed by atoms with E-state index in [1.807, 2.05) is 24.3 Å². The standard InChI is InChI=1S/C16H18O2/c17-16(11-18-10-12-8-9-12)15-7-3-5-13-4-1-2-6-14(13)15/h1-7,12,16-17H,8-11H2. The summed E-state index contributed by atoms with van der Waals surface area (Å²) in [5.41, 5.74) is 0.962. The first kappa shape index (κ1) is 11.7. The van der Waals surface area contributed by atoms with Gasteiger partial charge in [0, 0.05) is 6.61 Å². The molecule has 0 saturated heterocycles. The van der Waals surface area contributed by atoms with Crippen molar-refractivity contribution in [3.05, 3.63) is 48.0 Å². The molecule has 0 amide bonds. The first-order valence-corrected chi connectivity index (χ1v) is 6.58. The van der Waals surface area contributed by atoms with Crippen LogP contribution >= 0.6 is 0 Å². The van der Waals surface area contributed by atoms with Crippen molar-refractivity contribution in [2.45, 2.75) is 18.9 Å². The summed E-state index contributed by atoms with van der Waals surface area (Å²) in [7, 11) is 0. The molecule has 2 nitrogen and oxygen atoms in total. The van der Waals surface area contributed by atoms with E-state index in [2.05, 4.69) is 18.2 Å². The molecule has 0 radical (unpaired) electrons. The van der Waals surface area contributed by atoms with Crippen LogP contribution in [-0.2, 0) is 4.74 Å². The smallest absolute Gasteiger partial charge is 0.103 e. The van der Waals surface area contributed by atoms with Gasteiger partial charge in [-0.3, -0.25) is 0 Å². The summed E-state index contributed by atoms with van der Waals surface area (Å²) in [4.78, 5) is 0. The van der Waals surface area contributed by atoms with Crippen molar-refractivity contribution in [1.82, 2.24) is 0 Å². The summed E-state index contributed by atoms with van der Waals surface area (Å²) >= 11 is 0. The van der Waals surface area contributed by atoms with Crippen LogP contribution in [0.5, 0.6) is 0 Å². The molecule has 2 aromatic carbocycles. The fourth-order valence-corrected chi connectivity index (χ4v) is 2.26. The van der Waals surface area contributed by atoms with Crippen LogP contribution < -0.4 is 0 Å². The van der Waals surface area contributed by atoms with Gasteiger partial charge in [0.1, 0.15) is 6.10 Å². The quantitative estimate of drug-likeness (QED) is 0.871. The molecule has 1 aliphatic rings. The molecule has 1 N–H and O–H groups in total. The van der Waals surface area contributed by atoms with Gasteiger partial charge in [0.25, 0.3) is 0 Å². The third-order valence-corrected chi connectivity index (χ3v) is 3.51. The zero-order valence-corrected chi connectivity index (χ0v) is 10.4. The van der Waals surface area contributed by atoms with Gasteiger partial charge in [0.05, 0.1) is 6.61 Å². The average Bonchev–Trinajstić information content (AvgIpc) is 3.22. The Morgan fingerprint density at radius 1 is 1.11 bits per heavy atom. The Morgan fingerprint density at radius 2 is 1.89 bits per heavy atom. The summed E-state index contributed by atoms with van der Waals surface area (Å²) in [6, 6.07) is 14.2. The molecule has 0 aromatic heterocycles. The maximum atomic E-state index is 10.2. The Labute approximate surface area is 107 Å². The normalized spacial score (nSPS) is 16.9. The number of ether oxygens (including phenoxy) is 1. The van der Waals surface area contributed by atoms with Crippen molar-refractivity contribution < 1.29 is 9.84 Å². The Morgan fingerprint density at radius 3 is 2.72 bits per heavy atom. The minimum Gasteiger partial charge on any atom is -0.386 e. The molecule has 2 heteroatoms. The highest BCUT2D eigenvalue weighted by atomic mass is 16.5. The lowest BCUT2D eigenvalue weighted by molar-refractivity contribution is 0.0322. The highest BCUT2D eigenvalue weighted by molar-refractivity contribution is 5.85. The van der Waals surface area contributed by atoms with Gasteiger partial charge in [0.2, 0.25) is 0 Å². The predicted molar refractivity (Wildman–Crippen MR) is 72.5 cm³/mol. The van der Waals surface area contributed by atoms with E-state index < -0.39 is 6.10 Å². The topological polar surface area (TPSA) is 29.5 Å². The van der Waals surface area contributed by atoms with E-state index in [0.717, 1.165) is 28.9 Å². The van der Waals surface area contributed by atoms with Crippen molar-refractivity contribution in [2.24, 2.45) is 5.92 Å². The van der Waals surface area contributed by atoms with Gasteiger partial charge in [-0.05, 0) is 35.1 Å². The molecule has 18 heavy (non-hydrogen) atoms. The van der Waals surface area contributed by atoms with E-state index in [9.17, 15) is 5.11 Å². The second-order valence-electron chi connectivity index (χ2n) is 5.07. The van der Waals surface area contributed by atoms with Gasteiger partial charge in [-0.2, -0.15) is 0 Å². The van der Waals surface area contributed by atoms with Crippen LogP contribution in [0.15, 0.2) is 42.5 Å². The molecule has 0 aliphatic heterocycles. The SMILES string of the molecule is OC(COCC1CC1)c1cccc2ccccc12. The molecule has 2 aromatic rings. The Hall–Kier alpha value is -1.38. The van der Waals surface area contributed by atoms with Gasteiger partial charge < -0.3 is 9.84 Å². The summed E-state index contributed by atoms with van der Waals surface area (Å²) in [5, 5.41) is 12.5. The molecule has 94 valence electrons. The molecule has 0 bridgehead atoms. The minimum absolute atomic E-state index is 0.393. The third kappa shape index (κ3) is 2.55. The first-order valence-electron chi connectivity index (χ1n) is 6.58. The number of hydrogen-bond donors (Lipinski definition) is 1. The van der Waals surface area contributed by atoms with Gasteiger partial charge in [-0.25, -0.2) is 0 Å². The number of fused-ring (bicyclic) bond motifs is 1.